The summed E-state index contributed by atoms with van der Waals surface area (Å²) in [6.07, 6.45) is 1.18. The maximum atomic E-state index is 13.4. The first-order valence-corrected chi connectivity index (χ1v) is 10.3. The normalized spacial score (nSPS) is 17.0. The fraction of sp³-hybridized carbons (Fsp3) is 0.667. The van der Waals surface area contributed by atoms with Gasteiger partial charge in [0, 0.05) is 32.8 Å². The van der Waals surface area contributed by atoms with Crippen molar-refractivity contribution in [3.05, 3.63) is 35.6 Å². The minimum absolute atomic E-state index is 0.101. The van der Waals surface area contributed by atoms with Gasteiger partial charge in [0.05, 0.1) is 31.9 Å². The van der Waals surface area contributed by atoms with Gasteiger partial charge in [-0.15, -0.1) is 0 Å². The van der Waals surface area contributed by atoms with Gasteiger partial charge in [-0.1, -0.05) is 12.1 Å². The van der Waals surface area contributed by atoms with Crippen LogP contribution >= 0.6 is 0 Å². The predicted molar refractivity (Wildman–Crippen MR) is 111 cm³/mol. The van der Waals surface area contributed by atoms with Crippen LogP contribution in [0.15, 0.2) is 29.3 Å². The molecule has 2 rings (SSSR count). The molecule has 1 fully saturated rings. The molecule has 0 aromatic heterocycles. The van der Waals surface area contributed by atoms with E-state index in [1.54, 1.807) is 0 Å². The number of benzene rings is 1. The van der Waals surface area contributed by atoms with Gasteiger partial charge in [-0.3, -0.25) is 9.89 Å². The van der Waals surface area contributed by atoms with Crippen molar-refractivity contribution in [2.75, 3.05) is 52.5 Å². The molecule has 1 aliphatic heterocycles. The highest BCUT2D eigenvalue weighted by atomic mass is 19.1. The third-order valence-corrected chi connectivity index (χ3v) is 4.57. The van der Waals surface area contributed by atoms with E-state index in [2.05, 4.69) is 22.5 Å². The van der Waals surface area contributed by atoms with Crippen molar-refractivity contribution in [2.24, 2.45) is 4.99 Å². The standard InChI is InChI=1S/C21H35FN4O2/c1-4-23-21(24-10-5-13-28-17(2)3)25-16-20(26-11-14-27-15-12-26)18-6-8-19(22)9-7-18/h6-9,17,20H,4-5,10-16H2,1-3H3,(H2,23,24,25). The van der Waals surface area contributed by atoms with Crippen LogP contribution in [0.2, 0.25) is 0 Å². The largest absolute Gasteiger partial charge is 0.379 e. The predicted octanol–water partition coefficient (Wildman–Crippen LogP) is 2.57. The van der Waals surface area contributed by atoms with E-state index in [9.17, 15) is 4.39 Å². The number of morpholine rings is 1. The third-order valence-electron chi connectivity index (χ3n) is 4.57. The molecule has 0 spiro atoms. The fourth-order valence-corrected chi connectivity index (χ4v) is 3.12. The molecule has 7 heteroatoms. The minimum atomic E-state index is -0.216. The topological polar surface area (TPSA) is 58.1 Å². The lowest BCUT2D eigenvalue weighted by atomic mass is 10.0. The van der Waals surface area contributed by atoms with Crippen LogP contribution in [0.4, 0.5) is 4.39 Å². The van der Waals surface area contributed by atoms with E-state index in [0.29, 0.717) is 6.54 Å². The van der Waals surface area contributed by atoms with Gasteiger partial charge in [-0.05, 0) is 44.9 Å². The Kier molecular flexibility index (Phi) is 10.2. The summed E-state index contributed by atoms with van der Waals surface area (Å²) < 4.78 is 24.4. The van der Waals surface area contributed by atoms with Gasteiger partial charge in [0.25, 0.3) is 0 Å². The average Bonchev–Trinajstić information content (AvgIpc) is 2.69. The second kappa shape index (κ2) is 12.7. The van der Waals surface area contributed by atoms with Crippen LogP contribution in [0, 0.1) is 5.82 Å². The summed E-state index contributed by atoms with van der Waals surface area (Å²) in [7, 11) is 0. The van der Waals surface area contributed by atoms with Crippen molar-refractivity contribution in [1.82, 2.24) is 15.5 Å². The van der Waals surface area contributed by atoms with E-state index in [1.807, 2.05) is 26.0 Å². The SMILES string of the molecule is CCNC(=NCC(c1ccc(F)cc1)N1CCOCC1)NCCCOC(C)C. The molecule has 1 aliphatic rings. The number of guanidine groups is 1. The van der Waals surface area contributed by atoms with Crippen LogP contribution in [-0.2, 0) is 9.47 Å². The Morgan fingerprint density at radius 2 is 1.93 bits per heavy atom. The molecule has 0 aliphatic carbocycles. The van der Waals surface area contributed by atoms with Gasteiger partial charge >= 0.3 is 0 Å². The Morgan fingerprint density at radius 1 is 1.21 bits per heavy atom. The molecule has 1 heterocycles. The molecule has 1 atom stereocenters. The molecular formula is C21H35FN4O2. The quantitative estimate of drug-likeness (QED) is 0.363. The van der Waals surface area contributed by atoms with Gasteiger partial charge in [-0.2, -0.15) is 0 Å². The number of halogens is 1. The lowest BCUT2D eigenvalue weighted by molar-refractivity contribution is 0.0179. The Balaban J connectivity index is 1.99. The molecular weight excluding hydrogens is 359 g/mol. The Bertz CT molecular complexity index is 574. The second-order valence-electron chi connectivity index (χ2n) is 7.14. The molecule has 1 aromatic rings. The minimum Gasteiger partial charge on any atom is -0.379 e. The molecule has 0 radical (unpaired) electrons. The van der Waals surface area contributed by atoms with Gasteiger partial charge < -0.3 is 20.1 Å². The van der Waals surface area contributed by atoms with Crippen LogP contribution in [0.1, 0.15) is 38.8 Å². The fourth-order valence-electron chi connectivity index (χ4n) is 3.12. The van der Waals surface area contributed by atoms with E-state index >= 15 is 0 Å². The summed E-state index contributed by atoms with van der Waals surface area (Å²) in [5, 5.41) is 6.66. The van der Waals surface area contributed by atoms with Gasteiger partial charge in [-0.25, -0.2) is 4.39 Å². The highest BCUT2D eigenvalue weighted by Gasteiger charge is 2.22. The van der Waals surface area contributed by atoms with Crippen molar-refractivity contribution in [1.29, 1.82) is 0 Å². The average molecular weight is 395 g/mol. The molecule has 1 aromatic carbocycles. The molecule has 158 valence electrons. The van der Waals surface area contributed by atoms with Crippen LogP contribution in [0.5, 0.6) is 0 Å². The first-order chi connectivity index (χ1) is 13.6. The van der Waals surface area contributed by atoms with Gasteiger partial charge in [0.2, 0.25) is 0 Å². The summed E-state index contributed by atoms with van der Waals surface area (Å²) in [5.41, 5.74) is 1.08. The van der Waals surface area contributed by atoms with E-state index in [0.717, 1.165) is 63.9 Å². The summed E-state index contributed by atoms with van der Waals surface area (Å²) in [6, 6.07) is 6.85. The molecule has 0 amide bonds. The van der Waals surface area contributed by atoms with Crippen LogP contribution < -0.4 is 10.6 Å². The van der Waals surface area contributed by atoms with E-state index in [1.165, 1.54) is 12.1 Å². The second-order valence-corrected chi connectivity index (χ2v) is 7.14. The molecule has 6 nitrogen and oxygen atoms in total. The summed E-state index contributed by atoms with van der Waals surface area (Å²) in [6.45, 7) is 12.2. The zero-order chi connectivity index (χ0) is 20.2. The number of nitrogens with one attached hydrogen (secondary N) is 2. The number of nitrogens with zero attached hydrogens (tertiary/aromatic N) is 2. The number of aliphatic imine (C=N–C) groups is 1. The van der Waals surface area contributed by atoms with E-state index < -0.39 is 0 Å². The van der Waals surface area contributed by atoms with Crippen LogP contribution in [-0.4, -0.2) is 69.5 Å². The first kappa shape index (κ1) is 22.6. The number of rotatable bonds is 10. The Hall–Kier alpha value is -1.70. The van der Waals surface area contributed by atoms with Crippen molar-refractivity contribution in [3.8, 4) is 0 Å². The molecule has 28 heavy (non-hydrogen) atoms. The molecule has 2 N–H and O–H groups in total. The molecule has 0 bridgehead atoms. The molecule has 1 saturated heterocycles. The summed E-state index contributed by atoms with van der Waals surface area (Å²) in [4.78, 5) is 7.16. The highest BCUT2D eigenvalue weighted by Crippen LogP contribution is 2.22. The number of ether oxygens (including phenoxy) is 2. The monoisotopic (exact) mass is 394 g/mol. The van der Waals surface area contributed by atoms with Crippen LogP contribution in [0.25, 0.3) is 0 Å². The van der Waals surface area contributed by atoms with Crippen molar-refractivity contribution < 1.29 is 13.9 Å². The zero-order valence-corrected chi connectivity index (χ0v) is 17.4. The van der Waals surface area contributed by atoms with Crippen molar-refractivity contribution in [2.45, 2.75) is 39.3 Å². The molecule has 0 saturated carbocycles. The zero-order valence-electron chi connectivity index (χ0n) is 17.4. The smallest absolute Gasteiger partial charge is 0.191 e. The first-order valence-electron chi connectivity index (χ1n) is 10.3. The highest BCUT2D eigenvalue weighted by molar-refractivity contribution is 5.79. The summed E-state index contributed by atoms with van der Waals surface area (Å²) >= 11 is 0. The maximum absolute atomic E-state index is 13.4. The lowest BCUT2D eigenvalue weighted by Gasteiger charge is -2.34. The van der Waals surface area contributed by atoms with Crippen LogP contribution in [0.3, 0.4) is 0 Å². The Labute approximate surface area is 168 Å². The lowest BCUT2D eigenvalue weighted by Crippen LogP contribution is -2.42. The van der Waals surface area contributed by atoms with Crippen molar-refractivity contribution >= 4 is 5.96 Å². The maximum Gasteiger partial charge on any atom is 0.191 e. The third kappa shape index (κ3) is 8.12. The Morgan fingerprint density at radius 3 is 2.57 bits per heavy atom. The number of hydrogen-bond acceptors (Lipinski definition) is 4. The van der Waals surface area contributed by atoms with E-state index in [-0.39, 0.29) is 18.0 Å². The van der Waals surface area contributed by atoms with Gasteiger partial charge in [0.15, 0.2) is 5.96 Å². The van der Waals surface area contributed by atoms with Gasteiger partial charge in [0.1, 0.15) is 5.82 Å². The number of hydrogen-bond donors (Lipinski definition) is 2. The van der Waals surface area contributed by atoms with Crippen molar-refractivity contribution in [3.63, 3.8) is 0 Å². The summed E-state index contributed by atoms with van der Waals surface area (Å²) in [5.74, 6) is 0.582. The molecule has 1 unspecified atom stereocenters. The van der Waals surface area contributed by atoms with E-state index in [4.69, 9.17) is 14.5 Å².